The van der Waals surface area contributed by atoms with E-state index in [0.29, 0.717) is 0 Å². The molecule has 2 aromatic rings. The molecule has 3 rings (SSSR count). The van der Waals surface area contributed by atoms with Gasteiger partial charge in [0.2, 0.25) is 0 Å². The first kappa shape index (κ1) is 18.9. The molecule has 0 atom stereocenters. The van der Waals surface area contributed by atoms with Gasteiger partial charge in [0.1, 0.15) is 0 Å². The lowest BCUT2D eigenvalue weighted by molar-refractivity contribution is 0.0954. The standard InChI is InChI=1S/C20H26N4O3/c1-20(2)10-7-11-23(13-20)14-8-5-6-9-15(14)24-12-16(27-4)18(25)17(22-24)19(26)21-3/h5-6,8-9,12H,7,10-11,13H2,1-4H3,(H,21,26). The summed E-state index contributed by atoms with van der Waals surface area (Å²) in [6.45, 7) is 6.43. The van der Waals surface area contributed by atoms with E-state index in [-0.39, 0.29) is 16.9 Å². The lowest BCUT2D eigenvalue weighted by Gasteiger charge is -2.40. The topological polar surface area (TPSA) is 76.5 Å². The fourth-order valence-corrected chi connectivity index (χ4v) is 3.56. The molecule has 0 radical (unpaired) electrons. The maximum atomic E-state index is 12.4. The quantitative estimate of drug-likeness (QED) is 0.893. The van der Waals surface area contributed by atoms with E-state index in [9.17, 15) is 9.59 Å². The van der Waals surface area contributed by atoms with Gasteiger partial charge in [-0.25, -0.2) is 4.68 Å². The van der Waals surface area contributed by atoms with Crippen molar-refractivity contribution < 1.29 is 9.53 Å². The zero-order valence-corrected chi connectivity index (χ0v) is 16.3. The molecule has 0 spiro atoms. The number of benzene rings is 1. The normalized spacial score (nSPS) is 16.1. The number of carbonyl (C=O) groups is 1. The molecule has 144 valence electrons. The number of ether oxygens (including phenoxy) is 1. The molecule has 1 aromatic carbocycles. The van der Waals surface area contributed by atoms with Crippen molar-refractivity contribution in [2.45, 2.75) is 26.7 Å². The maximum absolute atomic E-state index is 12.4. The second kappa shape index (κ2) is 7.42. The number of carbonyl (C=O) groups excluding carboxylic acids is 1. The first-order chi connectivity index (χ1) is 12.9. The minimum atomic E-state index is -0.538. The Hall–Kier alpha value is -2.83. The monoisotopic (exact) mass is 370 g/mol. The summed E-state index contributed by atoms with van der Waals surface area (Å²) in [5.41, 5.74) is 1.34. The number of nitrogens with zero attached hydrogens (tertiary/aromatic N) is 3. The number of anilines is 1. The molecule has 1 aliphatic rings. The lowest BCUT2D eigenvalue weighted by Crippen LogP contribution is -2.40. The lowest BCUT2D eigenvalue weighted by atomic mass is 9.84. The van der Waals surface area contributed by atoms with Crippen LogP contribution in [0.3, 0.4) is 0 Å². The van der Waals surface area contributed by atoms with Gasteiger partial charge in [-0.05, 0) is 30.4 Å². The summed E-state index contributed by atoms with van der Waals surface area (Å²) in [7, 11) is 2.88. The molecular formula is C20H26N4O3. The Morgan fingerprint density at radius 2 is 1.96 bits per heavy atom. The van der Waals surface area contributed by atoms with Gasteiger partial charge in [-0.2, -0.15) is 5.10 Å². The molecule has 1 N–H and O–H groups in total. The molecule has 1 saturated heterocycles. The van der Waals surface area contributed by atoms with Crippen LogP contribution in [-0.2, 0) is 0 Å². The van der Waals surface area contributed by atoms with Gasteiger partial charge >= 0.3 is 0 Å². The number of amides is 1. The van der Waals surface area contributed by atoms with Crippen molar-refractivity contribution in [3.8, 4) is 11.4 Å². The van der Waals surface area contributed by atoms with E-state index >= 15 is 0 Å². The molecular weight excluding hydrogens is 344 g/mol. The third-order valence-electron chi connectivity index (χ3n) is 4.92. The Morgan fingerprint density at radius 1 is 1.26 bits per heavy atom. The molecule has 0 saturated carbocycles. The molecule has 27 heavy (non-hydrogen) atoms. The van der Waals surface area contributed by atoms with E-state index in [1.54, 1.807) is 4.68 Å². The summed E-state index contributed by atoms with van der Waals surface area (Å²) in [4.78, 5) is 26.8. The highest BCUT2D eigenvalue weighted by atomic mass is 16.5. The van der Waals surface area contributed by atoms with E-state index in [4.69, 9.17) is 4.74 Å². The highest BCUT2D eigenvalue weighted by Crippen LogP contribution is 2.34. The Kier molecular flexibility index (Phi) is 5.21. The van der Waals surface area contributed by atoms with Gasteiger partial charge in [0.15, 0.2) is 11.4 Å². The number of piperidine rings is 1. The van der Waals surface area contributed by atoms with Crippen LogP contribution in [0.15, 0.2) is 35.3 Å². The second-order valence-corrected chi connectivity index (χ2v) is 7.58. The molecule has 7 heteroatoms. The van der Waals surface area contributed by atoms with Crippen molar-refractivity contribution in [2.75, 3.05) is 32.1 Å². The zero-order chi connectivity index (χ0) is 19.6. The number of methoxy groups -OCH3 is 1. The fourth-order valence-electron chi connectivity index (χ4n) is 3.56. The molecule has 2 heterocycles. The van der Waals surface area contributed by atoms with Crippen LogP contribution in [0.4, 0.5) is 5.69 Å². The summed E-state index contributed by atoms with van der Waals surface area (Å²) >= 11 is 0. The first-order valence-electron chi connectivity index (χ1n) is 9.11. The van der Waals surface area contributed by atoms with Crippen LogP contribution in [0.25, 0.3) is 5.69 Å². The molecule has 1 aliphatic heterocycles. The van der Waals surface area contributed by atoms with Crippen molar-refractivity contribution in [3.63, 3.8) is 0 Å². The largest absolute Gasteiger partial charge is 0.491 e. The smallest absolute Gasteiger partial charge is 0.275 e. The molecule has 1 amide bonds. The van der Waals surface area contributed by atoms with Crippen molar-refractivity contribution in [2.24, 2.45) is 5.41 Å². The number of hydrogen-bond donors (Lipinski definition) is 1. The average molecular weight is 370 g/mol. The van der Waals surface area contributed by atoms with Crippen LogP contribution in [0.2, 0.25) is 0 Å². The fraction of sp³-hybridized carbons (Fsp3) is 0.450. The zero-order valence-electron chi connectivity index (χ0n) is 16.3. The van der Waals surface area contributed by atoms with Gasteiger partial charge < -0.3 is 15.0 Å². The van der Waals surface area contributed by atoms with Gasteiger partial charge in [-0.3, -0.25) is 9.59 Å². The van der Waals surface area contributed by atoms with Crippen LogP contribution in [0, 0.1) is 5.41 Å². The molecule has 0 aliphatic carbocycles. The average Bonchev–Trinajstić information content (AvgIpc) is 2.67. The predicted octanol–water partition coefficient (Wildman–Crippen LogP) is 2.23. The van der Waals surface area contributed by atoms with Gasteiger partial charge in [0.25, 0.3) is 11.3 Å². The Morgan fingerprint density at radius 3 is 2.59 bits per heavy atom. The van der Waals surface area contributed by atoms with Crippen molar-refractivity contribution >= 4 is 11.6 Å². The third kappa shape index (κ3) is 3.82. The Labute approximate surface area is 158 Å². The number of hydrogen-bond acceptors (Lipinski definition) is 5. The van der Waals surface area contributed by atoms with Gasteiger partial charge in [-0.15, -0.1) is 0 Å². The predicted molar refractivity (Wildman–Crippen MR) is 105 cm³/mol. The van der Waals surface area contributed by atoms with Crippen LogP contribution >= 0.6 is 0 Å². The molecule has 1 aromatic heterocycles. The van der Waals surface area contributed by atoms with E-state index in [1.165, 1.54) is 26.8 Å². The molecule has 7 nitrogen and oxygen atoms in total. The minimum absolute atomic E-state index is 0.0809. The van der Waals surface area contributed by atoms with E-state index < -0.39 is 11.3 Å². The number of aromatic nitrogens is 2. The highest BCUT2D eigenvalue weighted by molar-refractivity contribution is 5.92. The highest BCUT2D eigenvalue weighted by Gasteiger charge is 2.28. The van der Waals surface area contributed by atoms with Crippen LogP contribution < -0.4 is 20.4 Å². The van der Waals surface area contributed by atoms with Gasteiger partial charge in [-0.1, -0.05) is 26.0 Å². The SMILES string of the molecule is CNC(=O)c1nn(-c2ccccc2N2CCCC(C)(C)C2)cc(OC)c1=O. The summed E-state index contributed by atoms with van der Waals surface area (Å²) in [5, 5.41) is 6.76. The van der Waals surface area contributed by atoms with Crippen LogP contribution in [0.1, 0.15) is 37.2 Å². The molecule has 1 fully saturated rings. The Balaban J connectivity index is 2.12. The van der Waals surface area contributed by atoms with Crippen LogP contribution in [0.5, 0.6) is 5.75 Å². The number of rotatable bonds is 4. The minimum Gasteiger partial charge on any atom is -0.491 e. The van der Waals surface area contributed by atoms with Gasteiger partial charge in [0.05, 0.1) is 24.7 Å². The summed E-state index contributed by atoms with van der Waals surface area (Å²) in [6, 6.07) is 7.88. The van der Waals surface area contributed by atoms with Gasteiger partial charge in [0, 0.05) is 20.1 Å². The first-order valence-corrected chi connectivity index (χ1v) is 9.11. The summed E-state index contributed by atoms with van der Waals surface area (Å²) < 4.78 is 6.75. The number of para-hydroxylation sites is 2. The van der Waals surface area contributed by atoms with E-state index in [2.05, 4.69) is 29.2 Å². The van der Waals surface area contributed by atoms with Crippen molar-refractivity contribution in [1.82, 2.24) is 15.1 Å². The van der Waals surface area contributed by atoms with Crippen LogP contribution in [-0.4, -0.2) is 42.9 Å². The number of nitrogens with one attached hydrogen (secondary N) is 1. The van der Waals surface area contributed by atoms with Crippen molar-refractivity contribution in [3.05, 3.63) is 46.4 Å². The maximum Gasteiger partial charge on any atom is 0.275 e. The van der Waals surface area contributed by atoms with E-state index in [0.717, 1.165) is 30.9 Å². The Bertz CT molecular complexity index is 904. The third-order valence-corrected chi connectivity index (χ3v) is 4.92. The second-order valence-electron chi connectivity index (χ2n) is 7.58. The summed E-state index contributed by atoms with van der Waals surface area (Å²) in [5.74, 6) is -0.457. The van der Waals surface area contributed by atoms with Crippen molar-refractivity contribution in [1.29, 1.82) is 0 Å². The van der Waals surface area contributed by atoms with E-state index in [1.807, 2.05) is 24.3 Å². The summed E-state index contributed by atoms with van der Waals surface area (Å²) in [6.07, 6.45) is 3.84. The molecule has 0 unspecified atom stereocenters. The molecule has 0 bridgehead atoms.